The van der Waals surface area contributed by atoms with E-state index in [4.69, 9.17) is 18.6 Å². The lowest BCUT2D eigenvalue weighted by Crippen LogP contribution is -2.67. The molecule has 1 aliphatic heterocycles. The summed E-state index contributed by atoms with van der Waals surface area (Å²) in [6.45, 7) is 8.22. The van der Waals surface area contributed by atoms with Crippen molar-refractivity contribution in [1.29, 1.82) is 0 Å². The van der Waals surface area contributed by atoms with Crippen LogP contribution in [0, 0.1) is 17.3 Å². The number of ether oxygens (including phenoxy) is 3. The second-order valence-electron chi connectivity index (χ2n) is 15.6. The number of unbranched alkanes of at least 4 members (excludes halogenated alkanes) is 1. The normalized spacial score (nSPS) is 24.2. The highest BCUT2D eigenvalue weighted by atomic mass is 28.4. The fourth-order valence-corrected chi connectivity index (χ4v) is 13.3. The van der Waals surface area contributed by atoms with Gasteiger partial charge in [0.25, 0.3) is 8.32 Å². The molecule has 0 bridgehead atoms. The standard InChI is InChI=1S/C44H60O6Si/c1-43(2,3)51(36-22-12-8-13-23-36,37-24-14-9-15-25-37)49-34-38-39(33-45)44(30-28-35-20-10-7-11-21-35,29-18-6-5-16-26-41(46)47-4)32-40(38)50-42-27-17-19-31-48-42/h6-15,18,20-25,38-40,42,45H,5,16-17,19,26-34H2,1-4H3/b18-6-/t38-,39-,40-,42?,44+/m1/s1. The van der Waals surface area contributed by atoms with Crippen LogP contribution in [-0.2, 0) is 29.9 Å². The molecule has 1 saturated heterocycles. The second-order valence-corrected chi connectivity index (χ2v) is 19.9. The highest BCUT2D eigenvalue weighted by Gasteiger charge is 2.56. The molecule has 1 saturated carbocycles. The van der Waals surface area contributed by atoms with Crippen LogP contribution >= 0.6 is 0 Å². The van der Waals surface area contributed by atoms with Gasteiger partial charge in [-0.25, -0.2) is 0 Å². The third-order valence-electron chi connectivity index (χ3n) is 11.4. The van der Waals surface area contributed by atoms with Gasteiger partial charge in [-0.05, 0) is 90.1 Å². The molecule has 2 aliphatic rings. The molecule has 1 unspecified atom stereocenters. The number of rotatable bonds is 17. The SMILES string of the molecule is COC(=O)CCC/C=C\C[C@]1(CCc2ccccc2)C[C@@H](OC2CCCCO2)[C@H](CO[Si](c2ccccc2)(c2ccccc2)C(C)(C)C)[C@H]1CO. The van der Waals surface area contributed by atoms with Crippen LogP contribution < -0.4 is 10.4 Å². The van der Waals surface area contributed by atoms with Crippen LogP contribution in [0.5, 0.6) is 0 Å². The van der Waals surface area contributed by atoms with Gasteiger partial charge >= 0.3 is 5.97 Å². The highest BCUT2D eigenvalue weighted by molar-refractivity contribution is 6.99. The van der Waals surface area contributed by atoms with E-state index in [1.165, 1.54) is 23.0 Å². The summed E-state index contributed by atoms with van der Waals surface area (Å²) in [5.74, 6) is -0.231. The zero-order valence-corrected chi connectivity index (χ0v) is 32.3. The van der Waals surface area contributed by atoms with Crippen molar-refractivity contribution in [3.63, 3.8) is 0 Å². The number of allylic oxidation sites excluding steroid dienone is 2. The highest BCUT2D eigenvalue weighted by Crippen LogP contribution is 2.54. The maximum absolute atomic E-state index is 11.7. The molecule has 5 rings (SSSR count). The third kappa shape index (κ3) is 9.68. The predicted molar refractivity (Wildman–Crippen MR) is 208 cm³/mol. The summed E-state index contributed by atoms with van der Waals surface area (Å²) >= 11 is 0. The Morgan fingerprint density at radius 1 is 0.941 bits per heavy atom. The molecule has 1 aliphatic carbocycles. The molecule has 6 nitrogen and oxygen atoms in total. The number of hydrogen-bond donors (Lipinski definition) is 1. The van der Waals surface area contributed by atoms with Gasteiger partial charge in [0.15, 0.2) is 6.29 Å². The third-order valence-corrected chi connectivity index (χ3v) is 16.4. The Hall–Kier alpha value is -3.07. The smallest absolute Gasteiger partial charge is 0.305 e. The first kappa shape index (κ1) is 39.1. The maximum Gasteiger partial charge on any atom is 0.305 e. The minimum absolute atomic E-state index is 0.0225. The maximum atomic E-state index is 11.7. The van der Waals surface area contributed by atoms with Gasteiger partial charge in [-0.15, -0.1) is 0 Å². The van der Waals surface area contributed by atoms with Crippen molar-refractivity contribution in [1.82, 2.24) is 0 Å². The first-order valence-electron chi connectivity index (χ1n) is 19.1. The number of carbonyl (C=O) groups is 1. The Morgan fingerprint density at radius 3 is 2.16 bits per heavy atom. The van der Waals surface area contributed by atoms with Gasteiger partial charge in [-0.2, -0.15) is 0 Å². The summed E-state index contributed by atoms with van der Waals surface area (Å²) in [4.78, 5) is 11.7. The molecule has 51 heavy (non-hydrogen) atoms. The molecule has 0 radical (unpaired) electrons. The summed E-state index contributed by atoms with van der Waals surface area (Å²) in [6.07, 6.45) is 12.6. The van der Waals surface area contributed by atoms with E-state index in [0.29, 0.717) is 13.0 Å². The monoisotopic (exact) mass is 712 g/mol. The van der Waals surface area contributed by atoms with Crippen molar-refractivity contribution in [3.05, 3.63) is 109 Å². The van der Waals surface area contributed by atoms with Gasteiger partial charge in [-0.3, -0.25) is 4.79 Å². The molecule has 1 heterocycles. The molecule has 3 aromatic carbocycles. The van der Waals surface area contributed by atoms with Crippen molar-refractivity contribution in [2.24, 2.45) is 17.3 Å². The number of methoxy groups -OCH3 is 1. The van der Waals surface area contributed by atoms with E-state index in [9.17, 15) is 9.90 Å². The molecule has 0 amide bonds. The minimum atomic E-state index is -2.83. The van der Waals surface area contributed by atoms with E-state index in [2.05, 4.69) is 124 Å². The van der Waals surface area contributed by atoms with Gasteiger partial charge in [0.2, 0.25) is 0 Å². The zero-order chi connectivity index (χ0) is 36.2. The van der Waals surface area contributed by atoms with Crippen molar-refractivity contribution in [2.75, 3.05) is 26.9 Å². The van der Waals surface area contributed by atoms with Crippen LogP contribution in [0.1, 0.15) is 84.1 Å². The zero-order valence-electron chi connectivity index (χ0n) is 31.3. The van der Waals surface area contributed by atoms with E-state index in [-0.39, 0.29) is 47.3 Å². The number of esters is 1. The van der Waals surface area contributed by atoms with E-state index in [1.54, 1.807) is 0 Å². The molecule has 1 N–H and O–H groups in total. The first-order valence-corrected chi connectivity index (χ1v) is 21.0. The predicted octanol–water partition coefficient (Wildman–Crippen LogP) is 8.01. The fraction of sp³-hybridized carbons (Fsp3) is 0.523. The number of aryl methyl sites for hydroxylation is 1. The Kier molecular flexibility index (Phi) is 14.3. The van der Waals surface area contributed by atoms with Gasteiger partial charge in [-0.1, -0.05) is 124 Å². The van der Waals surface area contributed by atoms with Crippen molar-refractivity contribution in [2.45, 2.75) is 102 Å². The van der Waals surface area contributed by atoms with Crippen LogP contribution in [-0.4, -0.2) is 58.7 Å². The van der Waals surface area contributed by atoms with Gasteiger partial charge in [0.05, 0.1) is 13.2 Å². The molecule has 0 aromatic heterocycles. The Morgan fingerprint density at radius 2 is 1.59 bits per heavy atom. The average Bonchev–Trinajstić information content (AvgIpc) is 3.44. The molecule has 2 fully saturated rings. The van der Waals surface area contributed by atoms with E-state index < -0.39 is 8.32 Å². The van der Waals surface area contributed by atoms with Crippen LogP contribution in [0.3, 0.4) is 0 Å². The first-order chi connectivity index (χ1) is 24.7. The van der Waals surface area contributed by atoms with E-state index in [1.807, 2.05) is 0 Å². The van der Waals surface area contributed by atoms with Crippen molar-refractivity contribution < 1.29 is 28.5 Å². The lowest BCUT2D eigenvalue weighted by molar-refractivity contribution is -0.198. The van der Waals surface area contributed by atoms with Crippen LogP contribution in [0.15, 0.2) is 103 Å². The summed E-state index contributed by atoms with van der Waals surface area (Å²) in [5.41, 5.74) is 1.10. The topological polar surface area (TPSA) is 74.2 Å². The Labute approximate surface area is 307 Å². The lowest BCUT2D eigenvalue weighted by atomic mass is 9.69. The average molecular weight is 713 g/mol. The molecule has 7 heteroatoms. The number of aliphatic hydroxyl groups is 1. The molecular weight excluding hydrogens is 653 g/mol. The largest absolute Gasteiger partial charge is 0.469 e. The summed E-state index contributed by atoms with van der Waals surface area (Å²) in [7, 11) is -1.39. The van der Waals surface area contributed by atoms with Crippen LogP contribution in [0.4, 0.5) is 0 Å². The van der Waals surface area contributed by atoms with Gasteiger partial charge < -0.3 is 23.7 Å². The molecule has 0 spiro atoms. The van der Waals surface area contributed by atoms with Gasteiger partial charge in [0, 0.05) is 32.2 Å². The summed E-state index contributed by atoms with van der Waals surface area (Å²) in [6, 6.07) is 32.3. The molecule has 276 valence electrons. The Balaban J connectivity index is 1.51. The van der Waals surface area contributed by atoms with Crippen LogP contribution in [0.2, 0.25) is 5.04 Å². The summed E-state index contributed by atoms with van der Waals surface area (Å²) in [5, 5.41) is 13.8. The van der Waals surface area contributed by atoms with Crippen molar-refractivity contribution >= 4 is 24.7 Å². The summed E-state index contributed by atoms with van der Waals surface area (Å²) < 4.78 is 25.6. The number of aliphatic hydroxyl groups excluding tert-OH is 1. The van der Waals surface area contributed by atoms with E-state index >= 15 is 0 Å². The second kappa shape index (κ2) is 18.6. The number of benzene rings is 3. The fourth-order valence-electron chi connectivity index (χ4n) is 8.68. The van der Waals surface area contributed by atoms with E-state index in [0.717, 1.165) is 64.4 Å². The number of carbonyl (C=O) groups excluding carboxylic acids is 1. The van der Waals surface area contributed by atoms with Gasteiger partial charge in [0.1, 0.15) is 0 Å². The van der Waals surface area contributed by atoms with Crippen molar-refractivity contribution in [3.8, 4) is 0 Å². The number of hydrogen-bond acceptors (Lipinski definition) is 6. The van der Waals surface area contributed by atoms with Crippen LogP contribution in [0.25, 0.3) is 0 Å². The molecular formula is C44H60O6Si. The molecule has 3 aromatic rings. The minimum Gasteiger partial charge on any atom is -0.469 e. The molecule has 5 atom stereocenters. The quantitative estimate of drug-likeness (QED) is 0.0662. The Bertz CT molecular complexity index is 1440. The lowest BCUT2D eigenvalue weighted by Gasteiger charge is -2.44.